The summed E-state index contributed by atoms with van der Waals surface area (Å²) in [6.07, 6.45) is 1.45. The van der Waals surface area contributed by atoms with Crippen molar-refractivity contribution in [2.45, 2.75) is 0 Å². The largest absolute Gasteiger partial charge is 0.493 e. The predicted molar refractivity (Wildman–Crippen MR) is 150 cm³/mol. The fraction of sp³-hybridized carbons (Fsp3) is 0.0800. The minimum absolute atomic E-state index is 0.0388. The van der Waals surface area contributed by atoms with Crippen LogP contribution in [0.5, 0.6) is 11.5 Å². The molecule has 4 rings (SSSR count). The van der Waals surface area contributed by atoms with Gasteiger partial charge in [0.1, 0.15) is 0 Å². The van der Waals surface area contributed by atoms with Crippen molar-refractivity contribution in [3.8, 4) is 11.5 Å². The van der Waals surface area contributed by atoms with Crippen molar-refractivity contribution in [3.63, 3.8) is 0 Å². The van der Waals surface area contributed by atoms with E-state index < -0.39 is 10.8 Å². The second-order valence-corrected chi connectivity index (χ2v) is 9.77. The van der Waals surface area contributed by atoms with Crippen LogP contribution < -0.4 is 20.2 Å². The standard InChI is InChI=1S/C25H19IN4O6S/c1-35-20-10-15(9-19(26)24(20)36-14-23(31)28-17-5-3-2-4-6-17)13-27-29-25(32)22-12-16-11-18(30(33)34)7-8-21(16)37-22/h2-13H,14H2,1H3,(H,28,31)(H,29,32)/b27-13-. The molecule has 0 unspecified atom stereocenters. The molecule has 10 nitrogen and oxygen atoms in total. The van der Waals surface area contributed by atoms with E-state index in [4.69, 9.17) is 9.47 Å². The number of rotatable bonds is 9. The first-order valence-electron chi connectivity index (χ1n) is 10.7. The van der Waals surface area contributed by atoms with Crippen LogP contribution in [-0.2, 0) is 4.79 Å². The molecule has 0 saturated heterocycles. The second-order valence-electron chi connectivity index (χ2n) is 7.53. The van der Waals surface area contributed by atoms with Crippen LogP contribution in [0.1, 0.15) is 15.2 Å². The predicted octanol–water partition coefficient (Wildman–Crippen LogP) is 5.20. The number of hydrogen-bond acceptors (Lipinski definition) is 8. The zero-order valence-corrected chi connectivity index (χ0v) is 22.2. The first-order chi connectivity index (χ1) is 17.8. The number of amides is 2. The number of nitrogens with zero attached hydrogens (tertiary/aromatic N) is 2. The van der Waals surface area contributed by atoms with Gasteiger partial charge in [-0.05, 0) is 64.6 Å². The molecule has 0 spiro atoms. The van der Waals surface area contributed by atoms with Gasteiger partial charge in [-0.25, -0.2) is 5.43 Å². The van der Waals surface area contributed by atoms with Crippen molar-refractivity contribution in [1.82, 2.24) is 5.43 Å². The Hall–Kier alpha value is -4.04. The molecule has 1 aromatic heterocycles. The number of nitro benzene ring substituents is 1. The molecule has 12 heteroatoms. The third-order valence-electron chi connectivity index (χ3n) is 4.97. The quantitative estimate of drug-likeness (QED) is 0.113. The minimum Gasteiger partial charge on any atom is -0.493 e. The number of anilines is 1. The van der Waals surface area contributed by atoms with E-state index in [9.17, 15) is 19.7 Å². The van der Waals surface area contributed by atoms with Crippen molar-refractivity contribution in [2.75, 3.05) is 19.0 Å². The summed E-state index contributed by atoms with van der Waals surface area (Å²) < 4.78 is 12.6. The zero-order valence-electron chi connectivity index (χ0n) is 19.3. The topological polar surface area (TPSA) is 132 Å². The molecule has 0 fully saturated rings. The van der Waals surface area contributed by atoms with Gasteiger partial charge in [-0.2, -0.15) is 5.10 Å². The van der Waals surface area contributed by atoms with Crippen LogP contribution in [0.15, 0.2) is 71.8 Å². The van der Waals surface area contributed by atoms with Crippen LogP contribution in [0, 0.1) is 13.7 Å². The Kier molecular flexibility index (Phi) is 8.30. The number of thiophene rings is 1. The van der Waals surface area contributed by atoms with Gasteiger partial charge < -0.3 is 14.8 Å². The van der Waals surface area contributed by atoms with Gasteiger partial charge in [0.05, 0.1) is 26.7 Å². The van der Waals surface area contributed by atoms with Crippen LogP contribution in [0.3, 0.4) is 0 Å². The average molecular weight is 630 g/mol. The highest BCUT2D eigenvalue weighted by atomic mass is 127. The van der Waals surface area contributed by atoms with E-state index in [1.807, 2.05) is 18.2 Å². The maximum absolute atomic E-state index is 12.5. The fourth-order valence-corrected chi connectivity index (χ4v) is 5.00. The number of fused-ring (bicyclic) bond motifs is 1. The number of carbonyl (C=O) groups is 2. The van der Waals surface area contributed by atoms with E-state index in [1.165, 1.54) is 36.8 Å². The van der Waals surface area contributed by atoms with Crippen molar-refractivity contribution < 1.29 is 24.0 Å². The third kappa shape index (κ3) is 6.59. The highest BCUT2D eigenvalue weighted by Crippen LogP contribution is 2.33. The Balaban J connectivity index is 1.39. The van der Waals surface area contributed by atoms with Crippen molar-refractivity contribution in [3.05, 3.63) is 90.9 Å². The highest BCUT2D eigenvalue weighted by molar-refractivity contribution is 14.1. The number of benzene rings is 3. The van der Waals surface area contributed by atoms with Crippen LogP contribution in [0.25, 0.3) is 10.1 Å². The van der Waals surface area contributed by atoms with Gasteiger partial charge in [0.2, 0.25) is 0 Å². The summed E-state index contributed by atoms with van der Waals surface area (Å²) in [5.74, 6) is 0.0598. The Morgan fingerprint density at radius 1 is 1.14 bits per heavy atom. The van der Waals surface area contributed by atoms with E-state index in [-0.39, 0.29) is 18.2 Å². The Morgan fingerprint density at radius 2 is 1.92 bits per heavy atom. The lowest BCUT2D eigenvalue weighted by molar-refractivity contribution is -0.384. The average Bonchev–Trinajstić information content (AvgIpc) is 3.32. The van der Waals surface area contributed by atoms with Crippen molar-refractivity contribution in [1.29, 1.82) is 0 Å². The lowest BCUT2D eigenvalue weighted by Gasteiger charge is -2.13. The molecule has 0 aliphatic carbocycles. The molecular formula is C25H19IN4O6S. The van der Waals surface area contributed by atoms with Gasteiger partial charge >= 0.3 is 0 Å². The van der Waals surface area contributed by atoms with Gasteiger partial charge in [0.15, 0.2) is 18.1 Å². The second kappa shape index (κ2) is 11.8. The highest BCUT2D eigenvalue weighted by Gasteiger charge is 2.15. The molecule has 37 heavy (non-hydrogen) atoms. The number of carbonyl (C=O) groups excluding carboxylic acids is 2. The van der Waals surface area contributed by atoms with E-state index in [0.717, 1.165) is 4.70 Å². The first kappa shape index (κ1) is 26.0. The van der Waals surface area contributed by atoms with Gasteiger partial charge in [-0.3, -0.25) is 19.7 Å². The molecule has 0 radical (unpaired) electrons. The summed E-state index contributed by atoms with van der Waals surface area (Å²) in [4.78, 5) is 35.6. The summed E-state index contributed by atoms with van der Waals surface area (Å²) in [5, 5.41) is 18.3. The molecule has 2 N–H and O–H groups in total. The molecule has 4 aromatic rings. The van der Waals surface area contributed by atoms with Gasteiger partial charge in [-0.1, -0.05) is 18.2 Å². The van der Waals surface area contributed by atoms with Gasteiger partial charge in [-0.15, -0.1) is 11.3 Å². The van der Waals surface area contributed by atoms with Crippen LogP contribution >= 0.6 is 33.9 Å². The molecule has 0 atom stereocenters. The summed E-state index contributed by atoms with van der Waals surface area (Å²) in [6, 6.07) is 18.5. The number of para-hydroxylation sites is 1. The smallest absolute Gasteiger partial charge is 0.281 e. The zero-order chi connectivity index (χ0) is 26.4. The van der Waals surface area contributed by atoms with Crippen molar-refractivity contribution in [2.24, 2.45) is 5.10 Å². The van der Waals surface area contributed by atoms with E-state index >= 15 is 0 Å². The molecule has 2 amide bonds. The number of methoxy groups -OCH3 is 1. The number of nitro groups is 1. The SMILES string of the molecule is COc1cc(/C=N\NC(=O)c2cc3cc([N+](=O)[O-])ccc3s2)cc(I)c1OCC(=O)Nc1ccccc1. The number of ether oxygens (including phenoxy) is 2. The normalized spacial score (nSPS) is 10.9. The van der Waals surface area contributed by atoms with Crippen LogP contribution in [0.2, 0.25) is 0 Å². The van der Waals surface area contributed by atoms with E-state index in [0.29, 0.717) is 36.6 Å². The van der Waals surface area contributed by atoms with E-state index in [1.54, 1.807) is 36.4 Å². The van der Waals surface area contributed by atoms with Crippen LogP contribution in [0.4, 0.5) is 11.4 Å². The number of non-ortho nitro benzene ring substituents is 1. The number of hydrazone groups is 1. The van der Waals surface area contributed by atoms with Gasteiger partial charge in [0, 0.05) is 27.9 Å². The summed E-state index contributed by atoms with van der Waals surface area (Å²) in [6.45, 7) is -0.205. The summed E-state index contributed by atoms with van der Waals surface area (Å²) in [5.41, 5.74) is 3.73. The molecule has 188 valence electrons. The maximum Gasteiger partial charge on any atom is 0.281 e. The Bertz CT molecular complexity index is 1510. The molecule has 0 bridgehead atoms. The summed E-state index contributed by atoms with van der Waals surface area (Å²) in [7, 11) is 1.48. The number of halogens is 1. The molecular weight excluding hydrogens is 611 g/mol. The van der Waals surface area contributed by atoms with E-state index in [2.05, 4.69) is 38.4 Å². The number of hydrogen-bond donors (Lipinski definition) is 2. The minimum atomic E-state index is -0.480. The molecule has 0 saturated carbocycles. The van der Waals surface area contributed by atoms with Gasteiger partial charge in [0.25, 0.3) is 17.5 Å². The Morgan fingerprint density at radius 3 is 2.65 bits per heavy atom. The first-order valence-corrected chi connectivity index (χ1v) is 12.6. The van der Waals surface area contributed by atoms with Crippen LogP contribution in [-0.4, -0.2) is 36.7 Å². The fourth-order valence-electron chi connectivity index (χ4n) is 3.29. The lowest BCUT2D eigenvalue weighted by Crippen LogP contribution is -2.20. The lowest BCUT2D eigenvalue weighted by atomic mass is 10.2. The monoisotopic (exact) mass is 630 g/mol. The van der Waals surface area contributed by atoms with Crippen molar-refractivity contribution >= 4 is 73.4 Å². The molecule has 1 heterocycles. The molecule has 0 aliphatic heterocycles. The summed E-state index contributed by atoms with van der Waals surface area (Å²) >= 11 is 3.27. The third-order valence-corrected chi connectivity index (χ3v) is 6.89. The Labute approximate surface area is 228 Å². The molecule has 0 aliphatic rings. The number of nitrogens with one attached hydrogen (secondary N) is 2. The maximum atomic E-state index is 12.5. The molecule has 3 aromatic carbocycles.